The summed E-state index contributed by atoms with van der Waals surface area (Å²) >= 11 is 0. The number of carbonyl (C=O) groups excluding carboxylic acids is 1. The van der Waals surface area contributed by atoms with Crippen molar-refractivity contribution in [1.82, 2.24) is 0 Å². The van der Waals surface area contributed by atoms with E-state index in [0.29, 0.717) is 0 Å². The van der Waals surface area contributed by atoms with Gasteiger partial charge in [-0.1, -0.05) is 30.3 Å². The summed E-state index contributed by atoms with van der Waals surface area (Å²) in [6, 6.07) is 20.7. The van der Waals surface area contributed by atoms with Gasteiger partial charge in [0.25, 0.3) is 0 Å². The molecule has 3 rings (SSSR count). The zero-order valence-corrected chi connectivity index (χ0v) is 14.7. The molecular formula is C21H19F2N3O. The topological polar surface area (TPSA) is 44.4 Å². The lowest BCUT2D eigenvalue weighted by atomic mass is 10.2. The number of benzene rings is 3. The molecule has 27 heavy (non-hydrogen) atoms. The molecule has 0 radical (unpaired) electrons. The van der Waals surface area contributed by atoms with Crippen LogP contribution in [-0.4, -0.2) is 19.5 Å². The molecule has 0 fully saturated rings. The normalized spacial score (nSPS) is 10.3. The number of amides is 1. The van der Waals surface area contributed by atoms with E-state index < -0.39 is 11.6 Å². The molecule has 0 aliphatic carbocycles. The van der Waals surface area contributed by atoms with Crippen LogP contribution < -0.4 is 15.5 Å². The van der Waals surface area contributed by atoms with E-state index in [1.54, 1.807) is 0 Å². The lowest BCUT2D eigenvalue weighted by Gasteiger charge is -2.23. The molecule has 2 N–H and O–H groups in total. The molecule has 0 aliphatic heterocycles. The van der Waals surface area contributed by atoms with Crippen molar-refractivity contribution in [2.45, 2.75) is 0 Å². The molecule has 0 aromatic heterocycles. The van der Waals surface area contributed by atoms with Gasteiger partial charge in [-0.3, -0.25) is 4.79 Å². The molecule has 1 amide bonds. The van der Waals surface area contributed by atoms with E-state index in [1.807, 2.05) is 66.5 Å². The number of hydrogen-bond donors (Lipinski definition) is 2. The van der Waals surface area contributed by atoms with E-state index >= 15 is 0 Å². The van der Waals surface area contributed by atoms with Crippen molar-refractivity contribution in [3.05, 3.63) is 84.4 Å². The Hall–Kier alpha value is -3.41. The maximum absolute atomic E-state index is 13.2. The lowest BCUT2D eigenvalue weighted by molar-refractivity contribution is -0.114. The van der Waals surface area contributed by atoms with Crippen molar-refractivity contribution >= 4 is 28.7 Å². The van der Waals surface area contributed by atoms with Crippen LogP contribution in [0.2, 0.25) is 0 Å². The zero-order valence-electron chi connectivity index (χ0n) is 14.7. The molecule has 0 unspecified atom stereocenters. The maximum atomic E-state index is 13.2. The van der Waals surface area contributed by atoms with Crippen LogP contribution in [0.1, 0.15) is 0 Å². The van der Waals surface area contributed by atoms with Crippen molar-refractivity contribution in [3.8, 4) is 0 Å². The van der Waals surface area contributed by atoms with Crippen LogP contribution in [0.4, 0.5) is 31.5 Å². The van der Waals surface area contributed by atoms with Gasteiger partial charge < -0.3 is 15.5 Å². The SMILES string of the molecule is CN(c1ccccc1)c1ccccc1NCC(=O)Nc1ccc(F)c(F)c1. The van der Waals surface area contributed by atoms with Crippen molar-refractivity contribution in [2.24, 2.45) is 0 Å². The van der Waals surface area contributed by atoms with Gasteiger partial charge in [-0.25, -0.2) is 8.78 Å². The van der Waals surface area contributed by atoms with Crippen LogP contribution in [0, 0.1) is 11.6 Å². The highest BCUT2D eigenvalue weighted by Gasteiger charge is 2.11. The van der Waals surface area contributed by atoms with Crippen LogP contribution >= 0.6 is 0 Å². The minimum absolute atomic E-state index is 0.0152. The highest BCUT2D eigenvalue weighted by Crippen LogP contribution is 2.30. The van der Waals surface area contributed by atoms with E-state index in [-0.39, 0.29) is 18.1 Å². The molecule has 3 aromatic rings. The summed E-state index contributed by atoms with van der Waals surface area (Å²) in [6.45, 7) is -0.0152. The van der Waals surface area contributed by atoms with Gasteiger partial charge in [-0.2, -0.15) is 0 Å². The summed E-state index contributed by atoms with van der Waals surface area (Å²) < 4.78 is 26.2. The van der Waals surface area contributed by atoms with E-state index in [1.165, 1.54) is 6.07 Å². The van der Waals surface area contributed by atoms with Crippen LogP contribution in [0.25, 0.3) is 0 Å². The van der Waals surface area contributed by atoms with Gasteiger partial charge in [-0.15, -0.1) is 0 Å². The van der Waals surface area contributed by atoms with Crippen LogP contribution in [0.3, 0.4) is 0 Å². The molecule has 0 spiro atoms. The Bertz CT molecular complexity index is 932. The Morgan fingerprint density at radius 3 is 2.37 bits per heavy atom. The van der Waals surface area contributed by atoms with Gasteiger partial charge in [0.05, 0.1) is 17.9 Å². The Morgan fingerprint density at radius 1 is 0.926 bits per heavy atom. The first-order chi connectivity index (χ1) is 13.0. The number of nitrogens with zero attached hydrogens (tertiary/aromatic N) is 1. The molecule has 0 heterocycles. The summed E-state index contributed by atoms with van der Waals surface area (Å²) in [5.41, 5.74) is 2.90. The van der Waals surface area contributed by atoms with Crippen molar-refractivity contribution in [1.29, 1.82) is 0 Å². The third-order valence-electron chi connectivity index (χ3n) is 4.05. The van der Waals surface area contributed by atoms with Gasteiger partial charge >= 0.3 is 0 Å². The highest BCUT2D eigenvalue weighted by atomic mass is 19.2. The van der Waals surface area contributed by atoms with E-state index in [2.05, 4.69) is 10.6 Å². The van der Waals surface area contributed by atoms with Gasteiger partial charge in [0.1, 0.15) is 0 Å². The Morgan fingerprint density at radius 2 is 1.63 bits per heavy atom. The Kier molecular flexibility index (Phi) is 5.66. The second kappa shape index (κ2) is 8.31. The minimum atomic E-state index is -1.00. The Balaban J connectivity index is 1.67. The van der Waals surface area contributed by atoms with Gasteiger partial charge in [-0.05, 0) is 36.4 Å². The summed E-state index contributed by atoms with van der Waals surface area (Å²) in [4.78, 5) is 14.1. The first-order valence-electron chi connectivity index (χ1n) is 8.41. The van der Waals surface area contributed by atoms with Crippen LogP contribution in [0.5, 0.6) is 0 Å². The quantitative estimate of drug-likeness (QED) is 0.659. The van der Waals surface area contributed by atoms with Crippen LogP contribution in [-0.2, 0) is 4.79 Å². The van der Waals surface area contributed by atoms with Crippen LogP contribution in [0.15, 0.2) is 72.8 Å². The fraction of sp³-hybridized carbons (Fsp3) is 0.0952. The van der Waals surface area contributed by atoms with Gasteiger partial charge in [0.2, 0.25) is 5.91 Å². The molecule has 0 atom stereocenters. The fourth-order valence-corrected chi connectivity index (χ4v) is 2.66. The molecule has 4 nitrogen and oxygen atoms in total. The highest BCUT2D eigenvalue weighted by molar-refractivity contribution is 5.94. The summed E-state index contributed by atoms with van der Waals surface area (Å²) in [5.74, 6) is -2.32. The molecule has 138 valence electrons. The average molecular weight is 367 g/mol. The number of nitrogens with one attached hydrogen (secondary N) is 2. The van der Waals surface area contributed by atoms with Crippen molar-refractivity contribution < 1.29 is 13.6 Å². The smallest absolute Gasteiger partial charge is 0.243 e. The van der Waals surface area contributed by atoms with Gasteiger partial charge in [0.15, 0.2) is 11.6 Å². The number of hydrogen-bond acceptors (Lipinski definition) is 3. The third kappa shape index (κ3) is 4.61. The largest absolute Gasteiger partial charge is 0.374 e. The second-order valence-corrected chi connectivity index (χ2v) is 5.94. The molecule has 0 saturated heterocycles. The maximum Gasteiger partial charge on any atom is 0.243 e. The molecule has 3 aromatic carbocycles. The third-order valence-corrected chi connectivity index (χ3v) is 4.05. The Labute approximate surface area is 156 Å². The monoisotopic (exact) mass is 367 g/mol. The average Bonchev–Trinajstić information content (AvgIpc) is 2.69. The molecule has 0 bridgehead atoms. The number of anilines is 4. The van der Waals surface area contributed by atoms with E-state index in [0.717, 1.165) is 29.2 Å². The number of para-hydroxylation sites is 3. The molecule has 6 heteroatoms. The zero-order chi connectivity index (χ0) is 19.2. The molecular weight excluding hydrogens is 348 g/mol. The summed E-state index contributed by atoms with van der Waals surface area (Å²) in [5, 5.41) is 5.63. The molecule has 0 aliphatic rings. The second-order valence-electron chi connectivity index (χ2n) is 5.94. The summed E-state index contributed by atoms with van der Waals surface area (Å²) in [7, 11) is 1.94. The van der Waals surface area contributed by atoms with Crippen molar-refractivity contribution in [2.75, 3.05) is 29.1 Å². The number of rotatable bonds is 6. The lowest BCUT2D eigenvalue weighted by Crippen LogP contribution is -2.23. The predicted octanol–water partition coefficient (Wildman–Crippen LogP) is 4.78. The van der Waals surface area contributed by atoms with E-state index in [9.17, 15) is 13.6 Å². The van der Waals surface area contributed by atoms with Crippen molar-refractivity contribution in [3.63, 3.8) is 0 Å². The minimum Gasteiger partial charge on any atom is -0.374 e. The first-order valence-corrected chi connectivity index (χ1v) is 8.41. The van der Waals surface area contributed by atoms with Gasteiger partial charge in [0, 0.05) is 24.5 Å². The summed E-state index contributed by atoms with van der Waals surface area (Å²) in [6.07, 6.45) is 0. The number of carbonyl (C=O) groups is 1. The standard InChI is InChI=1S/C21H19F2N3O/c1-26(16-7-3-2-4-8-16)20-10-6-5-9-19(20)24-14-21(27)25-15-11-12-17(22)18(23)13-15/h2-13,24H,14H2,1H3,(H,25,27). The number of halogens is 2. The first kappa shape index (κ1) is 18.4. The van der Waals surface area contributed by atoms with E-state index in [4.69, 9.17) is 0 Å². The fourth-order valence-electron chi connectivity index (χ4n) is 2.66. The predicted molar refractivity (Wildman–Crippen MR) is 104 cm³/mol. The molecule has 0 saturated carbocycles.